The fraction of sp³-hybridized carbons (Fsp3) is 0.414. The normalized spacial score (nSPS) is 16.1. The Morgan fingerprint density at radius 3 is 2.55 bits per heavy atom. The van der Waals surface area contributed by atoms with E-state index in [9.17, 15) is 13.2 Å². The van der Waals surface area contributed by atoms with Gasteiger partial charge in [-0.3, -0.25) is 4.90 Å². The number of ether oxygens (including phenoxy) is 1. The maximum absolute atomic E-state index is 13.6. The molecule has 0 spiro atoms. The van der Waals surface area contributed by atoms with Crippen LogP contribution in [-0.4, -0.2) is 61.7 Å². The highest BCUT2D eigenvalue weighted by molar-refractivity contribution is 7.99. The van der Waals surface area contributed by atoms with Crippen molar-refractivity contribution in [2.24, 2.45) is 5.92 Å². The van der Waals surface area contributed by atoms with Gasteiger partial charge in [-0.1, -0.05) is 23.9 Å². The van der Waals surface area contributed by atoms with Gasteiger partial charge in [-0.2, -0.15) is 23.4 Å². The largest absolute Gasteiger partial charge is 0.472 e. The minimum Gasteiger partial charge on any atom is -0.472 e. The van der Waals surface area contributed by atoms with E-state index in [-0.39, 0.29) is 6.61 Å². The number of nitrogens with zero attached hydrogens (tertiary/aromatic N) is 6. The summed E-state index contributed by atoms with van der Waals surface area (Å²) in [6.07, 6.45) is -0.379. The van der Waals surface area contributed by atoms with Gasteiger partial charge in [0.15, 0.2) is 0 Å². The predicted molar refractivity (Wildman–Crippen MR) is 149 cm³/mol. The van der Waals surface area contributed by atoms with Crippen LogP contribution in [0.15, 0.2) is 58.5 Å². The van der Waals surface area contributed by atoms with E-state index in [1.165, 1.54) is 25.0 Å². The van der Waals surface area contributed by atoms with Gasteiger partial charge in [-0.05, 0) is 54.7 Å². The van der Waals surface area contributed by atoms with E-state index >= 15 is 0 Å². The Kier molecular flexibility index (Phi) is 8.38. The molecule has 1 saturated heterocycles. The van der Waals surface area contributed by atoms with Crippen LogP contribution in [0.25, 0.3) is 0 Å². The molecule has 0 unspecified atom stereocenters. The third-order valence-corrected chi connectivity index (χ3v) is 8.01. The van der Waals surface area contributed by atoms with Gasteiger partial charge in [-0.15, -0.1) is 0 Å². The Hall–Kier alpha value is -3.49. The van der Waals surface area contributed by atoms with E-state index < -0.39 is 17.3 Å². The van der Waals surface area contributed by atoms with Gasteiger partial charge in [0, 0.05) is 57.4 Å². The Morgan fingerprint density at radius 2 is 1.88 bits per heavy atom. The number of anilines is 2. The van der Waals surface area contributed by atoms with Gasteiger partial charge < -0.3 is 14.5 Å². The predicted octanol–water partition coefficient (Wildman–Crippen LogP) is 5.70. The van der Waals surface area contributed by atoms with Crippen LogP contribution < -0.4 is 14.5 Å². The highest BCUT2D eigenvalue weighted by Gasteiger charge is 2.34. The SMILES string of the molecule is CN(C)c1cccc(COc2nc(N3CCN(CC4CC4)CC3)ncc2Sc2ccc(C#N)c(C(F)(F)F)c2)c1. The van der Waals surface area contributed by atoms with Crippen LogP contribution in [0.1, 0.15) is 29.5 Å². The lowest BCUT2D eigenvalue weighted by Gasteiger charge is -2.34. The van der Waals surface area contributed by atoms with E-state index in [0.29, 0.717) is 21.6 Å². The molecule has 210 valence electrons. The molecule has 0 N–H and O–H groups in total. The summed E-state index contributed by atoms with van der Waals surface area (Å²) in [6, 6.07) is 13.2. The van der Waals surface area contributed by atoms with Crippen molar-refractivity contribution in [1.29, 1.82) is 5.26 Å². The van der Waals surface area contributed by atoms with E-state index in [0.717, 1.165) is 67.7 Å². The molecule has 2 fully saturated rings. The third kappa shape index (κ3) is 6.98. The van der Waals surface area contributed by atoms with Crippen molar-refractivity contribution < 1.29 is 17.9 Å². The molecule has 1 aliphatic heterocycles. The molecule has 2 aromatic carbocycles. The quantitative estimate of drug-likeness (QED) is 0.326. The number of hydrogen-bond acceptors (Lipinski definition) is 8. The van der Waals surface area contributed by atoms with Gasteiger partial charge >= 0.3 is 6.18 Å². The smallest absolute Gasteiger partial charge is 0.417 e. The number of piperazine rings is 1. The standard InChI is InChI=1S/C29H31F3N6OS/c1-36(2)23-5-3-4-21(14-23)19-39-27-26(40-24-9-8-22(16-33)25(15-24)29(30,31)32)17-34-28(35-27)38-12-10-37(11-13-38)18-20-6-7-20/h3-5,8-9,14-15,17,20H,6-7,10-13,18-19H2,1-2H3. The second kappa shape index (κ2) is 11.9. The molecule has 2 heterocycles. The summed E-state index contributed by atoms with van der Waals surface area (Å²) in [7, 11) is 3.92. The van der Waals surface area contributed by atoms with Gasteiger partial charge in [0.05, 0.1) is 28.3 Å². The first-order valence-electron chi connectivity index (χ1n) is 13.2. The summed E-state index contributed by atoms with van der Waals surface area (Å²) < 4.78 is 46.9. The molecule has 3 aromatic rings. The lowest BCUT2D eigenvalue weighted by molar-refractivity contribution is -0.137. The summed E-state index contributed by atoms with van der Waals surface area (Å²) in [5.41, 5.74) is 0.584. The first kappa shape index (κ1) is 28.1. The molecule has 1 saturated carbocycles. The third-order valence-electron chi connectivity index (χ3n) is 7.03. The van der Waals surface area contributed by atoms with E-state index in [1.54, 1.807) is 12.3 Å². The van der Waals surface area contributed by atoms with Crippen LogP contribution in [0, 0.1) is 17.2 Å². The van der Waals surface area contributed by atoms with Crippen LogP contribution >= 0.6 is 11.8 Å². The number of benzene rings is 2. The lowest BCUT2D eigenvalue weighted by Crippen LogP contribution is -2.47. The van der Waals surface area contributed by atoms with Crippen molar-refractivity contribution in [2.75, 3.05) is 56.6 Å². The van der Waals surface area contributed by atoms with Crippen LogP contribution in [0.2, 0.25) is 0 Å². The summed E-state index contributed by atoms with van der Waals surface area (Å²) in [5.74, 6) is 1.69. The van der Waals surface area contributed by atoms with Crippen LogP contribution in [-0.2, 0) is 12.8 Å². The first-order chi connectivity index (χ1) is 19.2. The monoisotopic (exact) mass is 568 g/mol. The summed E-state index contributed by atoms with van der Waals surface area (Å²) in [5, 5.41) is 9.15. The molecule has 0 amide bonds. The average Bonchev–Trinajstić information content (AvgIpc) is 3.76. The Balaban J connectivity index is 1.39. The Bertz CT molecular complexity index is 1380. The molecule has 0 atom stereocenters. The van der Waals surface area contributed by atoms with Crippen LogP contribution in [0.3, 0.4) is 0 Å². The van der Waals surface area contributed by atoms with Gasteiger partial charge in [0.1, 0.15) is 6.61 Å². The lowest BCUT2D eigenvalue weighted by atomic mass is 10.1. The fourth-order valence-corrected chi connectivity index (χ4v) is 5.45. The van der Waals surface area contributed by atoms with Crippen LogP contribution in [0.4, 0.5) is 24.8 Å². The zero-order chi connectivity index (χ0) is 28.3. The van der Waals surface area contributed by atoms with E-state index in [1.807, 2.05) is 43.3 Å². The van der Waals surface area contributed by atoms with Crippen molar-refractivity contribution in [2.45, 2.75) is 35.4 Å². The molecule has 0 radical (unpaired) electrons. The molecule has 2 aliphatic rings. The fourth-order valence-electron chi connectivity index (χ4n) is 4.59. The molecule has 5 rings (SSSR count). The van der Waals surface area contributed by atoms with Gasteiger partial charge in [0.25, 0.3) is 0 Å². The zero-order valence-electron chi connectivity index (χ0n) is 22.5. The van der Waals surface area contributed by atoms with Crippen molar-refractivity contribution in [3.8, 4) is 11.9 Å². The summed E-state index contributed by atoms with van der Waals surface area (Å²) in [4.78, 5) is 16.7. The number of hydrogen-bond donors (Lipinski definition) is 0. The minimum atomic E-state index is -4.64. The van der Waals surface area contributed by atoms with Crippen molar-refractivity contribution >= 4 is 23.4 Å². The topological polar surface area (TPSA) is 68.5 Å². The maximum atomic E-state index is 13.6. The molecule has 1 aromatic heterocycles. The molecular weight excluding hydrogens is 537 g/mol. The van der Waals surface area contributed by atoms with Crippen LogP contribution in [0.5, 0.6) is 5.88 Å². The molecule has 40 heavy (non-hydrogen) atoms. The highest BCUT2D eigenvalue weighted by Crippen LogP contribution is 2.39. The van der Waals surface area contributed by atoms with E-state index in [2.05, 4.69) is 14.8 Å². The number of alkyl halides is 3. The summed E-state index contributed by atoms with van der Waals surface area (Å²) in [6.45, 7) is 4.87. The van der Waals surface area contributed by atoms with Gasteiger partial charge in [0.2, 0.25) is 11.8 Å². The number of aromatic nitrogens is 2. The second-order valence-electron chi connectivity index (χ2n) is 10.3. The molecular formula is C29H31F3N6OS. The van der Waals surface area contributed by atoms with E-state index in [4.69, 9.17) is 15.0 Å². The Labute approximate surface area is 236 Å². The van der Waals surface area contributed by atoms with Crippen molar-refractivity contribution in [3.63, 3.8) is 0 Å². The summed E-state index contributed by atoms with van der Waals surface area (Å²) >= 11 is 1.08. The number of nitriles is 1. The van der Waals surface area contributed by atoms with Crippen molar-refractivity contribution in [1.82, 2.24) is 14.9 Å². The first-order valence-corrected chi connectivity index (χ1v) is 14.0. The van der Waals surface area contributed by atoms with Gasteiger partial charge in [-0.25, -0.2) is 4.98 Å². The Morgan fingerprint density at radius 1 is 1.10 bits per heavy atom. The molecule has 11 heteroatoms. The second-order valence-corrected chi connectivity index (χ2v) is 11.5. The molecule has 1 aliphatic carbocycles. The zero-order valence-corrected chi connectivity index (χ0v) is 23.3. The average molecular weight is 569 g/mol. The highest BCUT2D eigenvalue weighted by atomic mass is 32.2. The number of rotatable bonds is 9. The molecule has 0 bridgehead atoms. The minimum absolute atomic E-state index is 0.238. The number of halogens is 3. The molecule has 7 nitrogen and oxygen atoms in total. The van der Waals surface area contributed by atoms with Crippen molar-refractivity contribution in [3.05, 3.63) is 65.4 Å². The maximum Gasteiger partial charge on any atom is 0.417 e.